The quantitative estimate of drug-likeness (QED) is 0.778. The summed E-state index contributed by atoms with van der Waals surface area (Å²) >= 11 is 0. The van der Waals surface area contributed by atoms with Crippen LogP contribution in [0.2, 0.25) is 0 Å². The van der Waals surface area contributed by atoms with Gasteiger partial charge in [0.15, 0.2) is 0 Å². The van der Waals surface area contributed by atoms with Gasteiger partial charge in [-0.2, -0.15) is 5.26 Å². The number of amides is 1. The Morgan fingerprint density at radius 3 is 2.30 bits per heavy atom. The fourth-order valence-electron chi connectivity index (χ4n) is 4.44. The molecular weight excluding hydrogens is 338 g/mol. The van der Waals surface area contributed by atoms with Crippen molar-refractivity contribution in [2.75, 3.05) is 19.6 Å². The van der Waals surface area contributed by atoms with Crippen LogP contribution in [0.4, 0.5) is 4.79 Å². The lowest BCUT2D eigenvalue weighted by atomic mass is 9.62. The minimum Gasteiger partial charge on any atom is -0.444 e. The van der Waals surface area contributed by atoms with Crippen LogP contribution in [0.15, 0.2) is 24.3 Å². The molecule has 2 aliphatic heterocycles. The third-order valence-corrected chi connectivity index (χ3v) is 5.84. The van der Waals surface area contributed by atoms with Gasteiger partial charge in [0.1, 0.15) is 5.60 Å². The molecule has 2 aliphatic rings. The maximum absolute atomic E-state index is 12.4. The summed E-state index contributed by atoms with van der Waals surface area (Å²) in [4.78, 5) is 16.8. The number of ether oxygens (including phenoxy) is 1. The minimum atomic E-state index is -0.456. The minimum absolute atomic E-state index is 0.202. The van der Waals surface area contributed by atoms with Crippen LogP contribution in [-0.2, 0) is 4.74 Å². The maximum atomic E-state index is 12.4. The summed E-state index contributed by atoms with van der Waals surface area (Å²) in [6, 6.07) is 11.0. The normalized spacial score (nSPS) is 22.4. The predicted octanol–water partition coefficient (Wildman–Crippen LogP) is 4.34. The Kier molecular flexibility index (Phi) is 5.22. The van der Waals surface area contributed by atoms with E-state index in [2.05, 4.69) is 36.9 Å². The lowest BCUT2D eigenvalue weighted by molar-refractivity contribution is -0.126. The first-order chi connectivity index (χ1) is 12.6. The summed E-state index contributed by atoms with van der Waals surface area (Å²) in [5, 5.41) is 9.07. The Morgan fingerprint density at radius 1 is 1.22 bits per heavy atom. The zero-order chi connectivity index (χ0) is 19.8. The van der Waals surface area contributed by atoms with E-state index in [1.807, 2.05) is 37.8 Å². The van der Waals surface area contributed by atoms with E-state index in [9.17, 15) is 4.79 Å². The van der Waals surface area contributed by atoms with Gasteiger partial charge in [0, 0.05) is 37.1 Å². The average Bonchev–Trinajstić information content (AvgIpc) is 2.59. The molecule has 3 rings (SSSR count). The number of rotatable bonds is 2. The number of carbonyl (C=O) groups is 1. The number of benzene rings is 1. The molecule has 2 saturated heterocycles. The molecule has 1 aromatic rings. The predicted molar refractivity (Wildman–Crippen MR) is 105 cm³/mol. The zero-order valence-electron chi connectivity index (χ0n) is 17.2. The van der Waals surface area contributed by atoms with Crippen molar-refractivity contribution in [3.8, 4) is 6.07 Å². The van der Waals surface area contributed by atoms with Gasteiger partial charge in [-0.15, -0.1) is 0 Å². The highest BCUT2D eigenvalue weighted by Gasteiger charge is 2.55. The van der Waals surface area contributed by atoms with Crippen molar-refractivity contribution in [2.45, 2.75) is 65.1 Å². The Balaban J connectivity index is 1.73. The van der Waals surface area contributed by atoms with Crippen molar-refractivity contribution in [3.05, 3.63) is 35.4 Å². The first-order valence-corrected chi connectivity index (χ1v) is 9.89. The molecule has 1 amide bonds. The van der Waals surface area contributed by atoms with Crippen LogP contribution in [0.1, 0.15) is 64.6 Å². The number of carbonyl (C=O) groups excluding carboxylic acids is 1. The van der Waals surface area contributed by atoms with E-state index in [1.165, 1.54) is 5.56 Å². The molecule has 5 heteroatoms. The molecule has 0 N–H and O–H groups in total. The van der Waals surface area contributed by atoms with Crippen molar-refractivity contribution in [1.82, 2.24) is 9.80 Å². The Bertz CT molecular complexity index is 719. The smallest absolute Gasteiger partial charge is 0.410 e. The van der Waals surface area contributed by atoms with E-state index >= 15 is 0 Å². The van der Waals surface area contributed by atoms with Gasteiger partial charge in [-0.3, -0.25) is 4.90 Å². The molecule has 0 saturated carbocycles. The molecule has 5 nitrogen and oxygen atoms in total. The second kappa shape index (κ2) is 7.16. The van der Waals surface area contributed by atoms with E-state index < -0.39 is 5.60 Å². The van der Waals surface area contributed by atoms with Gasteiger partial charge in [0.25, 0.3) is 0 Å². The van der Waals surface area contributed by atoms with Crippen LogP contribution >= 0.6 is 0 Å². The van der Waals surface area contributed by atoms with Gasteiger partial charge in [-0.05, 0) is 65.2 Å². The average molecular weight is 370 g/mol. The molecule has 0 aliphatic carbocycles. The number of hydrogen-bond donors (Lipinski definition) is 0. The van der Waals surface area contributed by atoms with Crippen LogP contribution in [0.5, 0.6) is 0 Å². The van der Waals surface area contributed by atoms with Crippen LogP contribution in [0, 0.1) is 16.7 Å². The second-order valence-electron chi connectivity index (χ2n) is 9.23. The maximum Gasteiger partial charge on any atom is 0.410 e. The molecule has 0 radical (unpaired) electrons. The van der Waals surface area contributed by atoms with Crippen LogP contribution in [0.3, 0.4) is 0 Å². The van der Waals surface area contributed by atoms with Crippen molar-refractivity contribution in [2.24, 2.45) is 5.41 Å². The standard InChI is InChI=1S/C22H31N3O2/c1-16(2)25-15-22(19(25)18-8-6-17(14-23)7-9-18)10-12-24(13-11-22)20(26)27-21(3,4)5/h6-9,16,19H,10-13,15H2,1-5H3. The number of nitrogens with zero attached hydrogens (tertiary/aromatic N) is 3. The third kappa shape index (κ3) is 3.96. The first kappa shape index (κ1) is 19.7. The highest BCUT2D eigenvalue weighted by Crippen LogP contribution is 2.55. The summed E-state index contributed by atoms with van der Waals surface area (Å²) in [7, 11) is 0. The Labute approximate surface area is 162 Å². The molecule has 1 spiro atoms. The second-order valence-corrected chi connectivity index (χ2v) is 9.23. The molecule has 0 aromatic heterocycles. The Morgan fingerprint density at radius 2 is 1.81 bits per heavy atom. The number of piperidine rings is 1. The van der Waals surface area contributed by atoms with Crippen LogP contribution in [0.25, 0.3) is 0 Å². The van der Waals surface area contributed by atoms with E-state index in [0.29, 0.717) is 17.6 Å². The van der Waals surface area contributed by atoms with E-state index in [-0.39, 0.29) is 11.5 Å². The highest BCUT2D eigenvalue weighted by molar-refractivity contribution is 5.68. The van der Waals surface area contributed by atoms with Gasteiger partial charge in [0.2, 0.25) is 0 Å². The van der Waals surface area contributed by atoms with Crippen molar-refractivity contribution >= 4 is 6.09 Å². The lowest BCUT2D eigenvalue weighted by Gasteiger charge is -2.62. The van der Waals surface area contributed by atoms with Gasteiger partial charge in [-0.1, -0.05) is 12.1 Å². The third-order valence-electron chi connectivity index (χ3n) is 5.84. The van der Waals surface area contributed by atoms with E-state index in [0.717, 1.165) is 32.5 Å². The van der Waals surface area contributed by atoms with Gasteiger partial charge >= 0.3 is 6.09 Å². The fraction of sp³-hybridized carbons (Fsp3) is 0.636. The number of likely N-dealkylation sites (tertiary alicyclic amines) is 2. The molecule has 2 fully saturated rings. The van der Waals surface area contributed by atoms with Gasteiger partial charge in [0.05, 0.1) is 11.6 Å². The number of nitriles is 1. The molecule has 0 bridgehead atoms. The zero-order valence-corrected chi connectivity index (χ0v) is 17.2. The highest BCUT2D eigenvalue weighted by atomic mass is 16.6. The van der Waals surface area contributed by atoms with Gasteiger partial charge < -0.3 is 9.64 Å². The lowest BCUT2D eigenvalue weighted by Crippen LogP contribution is -2.64. The van der Waals surface area contributed by atoms with Crippen LogP contribution in [-0.4, -0.2) is 47.2 Å². The summed E-state index contributed by atoms with van der Waals surface area (Å²) in [6.07, 6.45) is 1.77. The topological polar surface area (TPSA) is 56.6 Å². The molecule has 1 unspecified atom stereocenters. The molecule has 2 heterocycles. The largest absolute Gasteiger partial charge is 0.444 e. The summed E-state index contributed by atoms with van der Waals surface area (Å²) < 4.78 is 5.54. The molecule has 146 valence electrons. The van der Waals surface area contributed by atoms with Gasteiger partial charge in [-0.25, -0.2) is 4.79 Å². The first-order valence-electron chi connectivity index (χ1n) is 9.89. The molecule has 1 atom stereocenters. The fourth-order valence-corrected chi connectivity index (χ4v) is 4.44. The molecule has 27 heavy (non-hydrogen) atoms. The molecular formula is C22H31N3O2. The van der Waals surface area contributed by atoms with Crippen molar-refractivity contribution in [3.63, 3.8) is 0 Å². The summed E-state index contributed by atoms with van der Waals surface area (Å²) in [6.45, 7) is 12.7. The number of hydrogen-bond acceptors (Lipinski definition) is 4. The van der Waals surface area contributed by atoms with Crippen LogP contribution < -0.4 is 0 Å². The van der Waals surface area contributed by atoms with Crippen molar-refractivity contribution in [1.29, 1.82) is 5.26 Å². The van der Waals surface area contributed by atoms with Crippen molar-refractivity contribution < 1.29 is 9.53 Å². The summed E-state index contributed by atoms with van der Waals surface area (Å²) in [5.41, 5.74) is 1.72. The summed E-state index contributed by atoms with van der Waals surface area (Å²) in [5.74, 6) is 0. The monoisotopic (exact) mass is 369 g/mol. The molecule has 1 aromatic carbocycles. The van der Waals surface area contributed by atoms with E-state index in [1.54, 1.807) is 0 Å². The SMILES string of the molecule is CC(C)N1CC2(CCN(C(=O)OC(C)(C)C)CC2)C1c1ccc(C#N)cc1. The Hall–Kier alpha value is -2.06. The van der Waals surface area contributed by atoms with E-state index in [4.69, 9.17) is 10.00 Å².